The highest BCUT2D eigenvalue weighted by atomic mass is 32.2. The van der Waals surface area contributed by atoms with Crippen LogP contribution in [0.3, 0.4) is 0 Å². The van der Waals surface area contributed by atoms with Crippen LogP contribution in [-0.4, -0.2) is 40.5 Å². The molecule has 3 heterocycles. The van der Waals surface area contributed by atoms with Crippen molar-refractivity contribution in [2.24, 2.45) is 0 Å². The van der Waals surface area contributed by atoms with Crippen molar-refractivity contribution in [1.82, 2.24) is 10.2 Å². The Bertz CT molecular complexity index is 795. The van der Waals surface area contributed by atoms with Crippen molar-refractivity contribution in [3.63, 3.8) is 0 Å². The number of hydrogen-bond acceptors (Lipinski definition) is 6. The summed E-state index contributed by atoms with van der Waals surface area (Å²) in [7, 11) is -1.28. The molecule has 0 saturated carbocycles. The second-order valence-electron chi connectivity index (χ2n) is 7.00. The predicted molar refractivity (Wildman–Crippen MR) is 116 cm³/mol. The van der Waals surface area contributed by atoms with Crippen molar-refractivity contribution in [3.8, 4) is 5.75 Å². The number of rotatable bonds is 11. The van der Waals surface area contributed by atoms with Gasteiger partial charge in [0.05, 0.1) is 18.6 Å². The Kier molecular flexibility index (Phi) is 8.98. The molecule has 3 rings (SSSR count). The van der Waals surface area contributed by atoms with Crippen LogP contribution in [0.4, 0.5) is 0 Å². The molecular formula is C21H28N2O4S2. The number of carbonyl (C=O) groups is 1. The molecule has 1 fully saturated rings. The van der Waals surface area contributed by atoms with Gasteiger partial charge in [-0.15, -0.1) is 11.3 Å². The summed E-state index contributed by atoms with van der Waals surface area (Å²) in [5.41, 5.74) is 0. The SMILES string of the molecule is O=C(CS(=O)Cc1ccco1)N/C=C\CCOc1csc(CN2CCCCC2)c1. The molecule has 0 spiro atoms. The quantitative estimate of drug-likeness (QED) is 0.544. The van der Waals surface area contributed by atoms with Gasteiger partial charge >= 0.3 is 0 Å². The number of ether oxygens (including phenoxy) is 1. The first-order valence-electron chi connectivity index (χ1n) is 9.93. The van der Waals surface area contributed by atoms with E-state index in [4.69, 9.17) is 9.15 Å². The minimum atomic E-state index is -1.28. The zero-order valence-electron chi connectivity index (χ0n) is 16.5. The first-order chi connectivity index (χ1) is 14.2. The number of furan rings is 1. The zero-order valence-corrected chi connectivity index (χ0v) is 18.1. The monoisotopic (exact) mass is 436 g/mol. The first-order valence-corrected chi connectivity index (χ1v) is 12.3. The van der Waals surface area contributed by atoms with E-state index < -0.39 is 10.8 Å². The summed E-state index contributed by atoms with van der Waals surface area (Å²) in [5.74, 6) is 1.46. The predicted octanol–water partition coefficient (Wildman–Crippen LogP) is 3.67. The Morgan fingerprint density at radius 2 is 2.21 bits per heavy atom. The van der Waals surface area contributed by atoms with Crippen LogP contribution in [0.15, 0.2) is 46.5 Å². The number of nitrogens with zero attached hydrogens (tertiary/aromatic N) is 1. The number of nitrogens with one attached hydrogen (secondary N) is 1. The number of hydrogen-bond donors (Lipinski definition) is 1. The van der Waals surface area contributed by atoms with E-state index in [1.54, 1.807) is 29.7 Å². The number of carbonyl (C=O) groups excluding carboxylic acids is 1. The maximum Gasteiger partial charge on any atom is 0.236 e. The average molecular weight is 437 g/mol. The van der Waals surface area contributed by atoms with Crippen molar-refractivity contribution in [2.45, 2.75) is 38.0 Å². The standard InChI is InChI=1S/C21H28N2O4S2/c24-21(17-29(25)16-18-7-6-12-26-18)22-8-2-5-11-27-19-13-20(28-15-19)14-23-9-3-1-4-10-23/h2,6-8,12-13,15H,1,3-5,9-11,14,16-17H2,(H,22,24)/b8-2-. The Labute approximate surface area is 178 Å². The Balaban J connectivity index is 1.26. The molecule has 1 amide bonds. The minimum absolute atomic E-state index is 0.0454. The van der Waals surface area contributed by atoms with Crippen LogP contribution in [0.2, 0.25) is 0 Å². The fourth-order valence-electron chi connectivity index (χ4n) is 3.13. The first kappa shape index (κ1) is 21.8. The third-order valence-electron chi connectivity index (χ3n) is 4.55. The van der Waals surface area contributed by atoms with E-state index in [0.29, 0.717) is 18.8 Å². The molecule has 0 radical (unpaired) electrons. The van der Waals surface area contributed by atoms with Crippen LogP contribution in [0.25, 0.3) is 0 Å². The number of amides is 1. The molecule has 2 aromatic heterocycles. The van der Waals surface area contributed by atoms with Gasteiger partial charge in [-0.1, -0.05) is 12.5 Å². The van der Waals surface area contributed by atoms with Gasteiger partial charge in [0.15, 0.2) is 0 Å². The third-order valence-corrected chi connectivity index (χ3v) is 6.64. The van der Waals surface area contributed by atoms with E-state index in [1.165, 1.54) is 43.5 Å². The van der Waals surface area contributed by atoms with E-state index in [0.717, 1.165) is 12.3 Å². The van der Waals surface area contributed by atoms with E-state index in [9.17, 15) is 9.00 Å². The van der Waals surface area contributed by atoms with Gasteiger partial charge in [-0.25, -0.2) is 0 Å². The van der Waals surface area contributed by atoms with Gasteiger partial charge in [0.25, 0.3) is 0 Å². The Hall–Kier alpha value is -1.90. The van der Waals surface area contributed by atoms with Crippen LogP contribution in [0, 0.1) is 0 Å². The largest absolute Gasteiger partial charge is 0.492 e. The molecule has 0 bridgehead atoms. The summed E-state index contributed by atoms with van der Waals surface area (Å²) >= 11 is 1.74. The lowest BCUT2D eigenvalue weighted by Gasteiger charge is -2.25. The molecule has 2 aromatic rings. The fraction of sp³-hybridized carbons (Fsp3) is 0.476. The summed E-state index contributed by atoms with van der Waals surface area (Å²) < 4.78 is 22.8. The molecule has 1 aliphatic rings. The van der Waals surface area contributed by atoms with Gasteiger partial charge in [-0.05, 0) is 50.3 Å². The topological polar surface area (TPSA) is 71.8 Å². The molecule has 1 aliphatic heterocycles. The molecule has 1 N–H and O–H groups in total. The number of likely N-dealkylation sites (tertiary alicyclic amines) is 1. The minimum Gasteiger partial charge on any atom is -0.492 e. The van der Waals surface area contributed by atoms with Crippen LogP contribution < -0.4 is 10.1 Å². The average Bonchev–Trinajstić information content (AvgIpc) is 3.37. The molecule has 29 heavy (non-hydrogen) atoms. The molecule has 1 unspecified atom stereocenters. The van der Waals surface area contributed by atoms with E-state index in [2.05, 4.69) is 21.7 Å². The molecular weight excluding hydrogens is 408 g/mol. The van der Waals surface area contributed by atoms with Gasteiger partial charge in [0.2, 0.25) is 5.91 Å². The highest BCUT2D eigenvalue weighted by molar-refractivity contribution is 7.84. The van der Waals surface area contributed by atoms with Crippen LogP contribution in [-0.2, 0) is 27.9 Å². The Morgan fingerprint density at radius 3 is 3.00 bits per heavy atom. The normalized spacial score (nSPS) is 16.1. The summed E-state index contributed by atoms with van der Waals surface area (Å²) in [6, 6.07) is 5.61. The molecule has 0 aromatic carbocycles. The fourth-order valence-corrected chi connectivity index (χ4v) is 4.93. The highest BCUT2D eigenvalue weighted by Crippen LogP contribution is 2.24. The lowest BCUT2D eigenvalue weighted by molar-refractivity contribution is -0.117. The summed E-state index contributed by atoms with van der Waals surface area (Å²) in [6.07, 6.45) is 9.61. The second-order valence-corrected chi connectivity index (χ2v) is 9.45. The third kappa shape index (κ3) is 8.16. The van der Waals surface area contributed by atoms with Gasteiger partial charge in [-0.2, -0.15) is 0 Å². The number of piperidine rings is 1. The van der Waals surface area contributed by atoms with Gasteiger partial charge < -0.3 is 14.5 Å². The van der Waals surface area contributed by atoms with Crippen molar-refractivity contribution in [3.05, 3.63) is 52.8 Å². The zero-order chi connectivity index (χ0) is 20.3. The van der Waals surface area contributed by atoms with E-state index in [-0.39, 0.29) is 17.4 Å². The number of thiophene rings is 1. The summed E-state index contributed by atoms with van der Waals surface area (Å²) in [6.45, 7) is 3.96. The molecule has 1 atom stereocenters. The van der Waals surface area contributed by atoms with E-state index >= 15 is 0 Å². The maximum absolute atomic E-state index is 11.9. The maximum atomic E-state index is 11.9. The van der Waals surface area contributed by atoms with Crippen molar-refractivity contribution in [1.29, 1.82) is 0 Å². The lowest BCUT2D eigenvalue weighted by atomic mass is 10.1. The summed E-state index contributed by atoms with van der Waals surface area (Å²) in [5, 5.41) is 4.69. The van der Waals surface area contributed by atoms with Crippen LogP contribution in [0.5, 0.6) is 5.75 Å². The molecule has 158 valence electrons. The summed E-state index contributed by atoms with van der Waals surface area (Å²) in [4.78, 5) is 15.6. The van der Waals surface area contributed by atoms with Gasteiger partial charge in [-0.3, -0.25) is 13.9 Å². The lowest BCUT2D eigenvalue weighted by Crippen LogP contribution is -2.28. The second kappa shape index (κ2) is 11.9. The van der Waals surface area contributed by atoms with Crippen LogP contribution in [0.1, 0.15) is 36.3 Å². The molecule has 1 saturated heterocycles. The van der Waals surface area contributed by atoms with Crippen molar-refractivity contribution < 1.29 is 18.2 Å². The van der Waals surface area contributed by atoms with Crippen molar-refractivity contribution in [2.75, 3.05) is 25.4 Å². The molecule has 8 heteroatoms. The van der Waals surface area contributed by atoms with Crippen molar-refractivity contribution >= 4 is 28.0 Å². The smallest absolute Gasteiger partial charge is 0.236 e. The van der Waals surface area contributed by atoms with Gasteiger partial charge in [0, 0.05) is 34.0 Å². The van der Waals surface area contributed by atoms with Crippen LogP contribution >= 0.6 is 11.3 Å². The molecule has 6 nitrogen and oxygen atoms in total. The Morgan fingerprint density at radius 1 is 1.34 bits per heavy atom. The highest BCUT2D eigenvalue weighted by Gasteiger charge is 2.12. The van der Waals surface area contributed by atoms with E-state index in [1.807, 2.05) is 6.08 Å². The van der Waals surface area contributed by atoms with Gasteiger partial charge in [0.1, 0.15) is 17.3 Å². The molecule has 0 aliphatic carbocycles.